The van der Waals surface area contributed by atoms with Gasteiger partial charge in [-0.25, -0.2) is 0 Å². The van der Waals surface area contributed by atoms with Gasteiger partial charge in [-0.05, 0) is 62.7 Å². The molecule has 2 aliphatic rings. The summed E-state index contributed by atoms with van der Waals surface area (Å²) in [5.74, 6) is 3.32. The van der Waals surface area contributed by atoms with E-state index in [1.165, 1.54) is 38.5 Å². The van der Waals surface area contributed by atoms with Crippen molar-refractivity contribution < 1.29 is 0 Å². The summed E-state index contributed by atoms with van der Waals surface area (Å²) in [4.78, 5) is 0. The fraction of sp³-hybridized carbons (Fsp3) is 0.727. The van der Waals surface area contributed by atoms with Crippen molar-refractivity contribution in [3.8, 4) is 0 Å². The van der Waals surface area contributed by atoms with Gasteiger partial charge in [0.05, 0.1) is 0 Å². The lowest BCUT2D eigenvalue weighted by molar-refractivity contribution is 0.394. The van der Waals surface area contributed by atoms with Crippen molar-refractivity contribution in [2.45, 2.75) is 79.3 Å². The zero-order valence-corrected chi connectivity index (χ0v) is 17.4. The van der Waals surface area contributed by atoms with Crippen LogP contribution in [0.25, 0.3) is 0 Å². The zero-order valence-electron chi connectivity index (χ0n) is 16.4. The number of hydrogen-bond donors (Lipinski definition) is 0. The molecule has 4 unspecified atom stereocenters. The second kappa shape index (κ2) is 7.55. The highest BCUT2D eigenvalue weighted by Crippen LogP contribution is 2.48. The van der Waals surface area contributed by atoms with Crippen LogP contribution in [-0.2, 0) is 0 Å². The second-order valence-electron chi connectivity index (χ2n) is 8.77. The van der Waals surface area contributed by atoms with Crippen LogP contribution in [0.4, 0.5) is 0 Å². The molecule has 1 heteroatoms. The molecular weight excluding hydrogens is 292 g/mol. The summed E-state index contributed by atoms with van der Waals surface area (Å²) in [7, 11) is -1.42. The summed E-state index contributed by atoms with van der Waals surface area (Å²) in [6, 6.07) is 0. The maximum Gasteiger partial charge on any atom is 0.102 e. The van der Waals surface area contributed by atoms with Gasteiger partial charge in [0.1, 0.15) is 8.07 Å². The first-order valence-corrected chi connectivity index (χ1v) is 12.8. The van der Waals surface area contributed by atoms with E-state index in [0.29, 0.717) is 0 Å². The molecule has 0 aromatic heterocycles. The van der Waals surface area contributed by atoms with Crippen molar-refractivity contribution in [2.75, 3.05) is 0 Å². The monoisotopic (exact) mass is 330 g/mol. The largest absolute Gasteiger partial charge is 0.103 e. The van der Waals surface area contributed by atoms with Crippen LogP contribution in [0.2, 0.25) is 13.1 Å². The molecule has 0 aliphatic heterocycles. The van der Waals surface area contributed by atoms with Crippen LogP contribution in [0.1, 0.15) is 66.2 Å². The second-order valence-corrected chi connectivity index (χ2v) is 13.2. The van der Waals surface area contributed by atoms with Gasteiger partial charge in [-0.2, -0.15) is 0 Å². The molecule has 0 bridgehead atoms. The van der Waals surface area contributed by atoms with E-state index in [1.807, 2.05) is 10.4 Å². The van der Waals surface area contributed by atoms with Crippen LogP contribution in [0.5, 0.6) is 0 Å². The van der Waals surface area contributed by atoms with Gasteiger partial charge in [0.2, 0.25) is 0 Å². The third-order valence-corrected chi connectivity index (χ3v) is 11.3. The molecule has 0 aromatic carbocycles. The Labute approximate surface area is 146 Å². The Morgan fingerprint density at radius 1 is 1.17 bits per heavy atom. The lowest BCUT2D eigenvalue weighted by Crippen LogP contribution is -2.35. The molecule has 0 radical (unpaired) electrons. The van der Waals surface area contributed by atoms with Crippen LogP contribution in [0.3, 0.4) is 0 Å². The van der Waals surface area contributed by atoms with Gasteiger partial charge in [-0.15, -0.1) is 6.58 Å². The molecule has 23 heavy (non-hydrogen) atoms. The van der Waals surface area contributed by atoms with Gasteiger partial charge in [-0.1, -0.05) is 68.4 Å². The first-order chi connectivity index (χ1) is 10.8. The van der Waals surface area contributed by atoms with Gasteiger partial charge in [-0.3, -0.25) is 0 Å². The van der Waals surface area contributed by atoms with Gasteiger partial charge in [0.25, 0.3) is 0 Å². The molecule has 0 fully saturated rings. The van der Waals surface area contributed by atoms with E-state index in [4.69, 9.17) is 0 Å². The smallest absolute Gasteiger partial charge is 0.102 e. The minimum Gasteiger partial charge on any atom is -0.103 e. The van der Waals surface area contributed by atoms with Crippen LogP contribution >= 0.6 is 0 Å². The Bertz CT molecular complexity index is 494. The third kappa shape index (κ3) is 3.76. The number of hydrogen-bond acceptors (Lipinski definition) is 0. The topological polar surface area (TPSA) is 0 Å². The summed E-state index contributed by atoms with van der Waals surface area (Å²) in [5.41, 5.74) is 1.73. The quantitative estimate of drug-likeness (QED) is 0.265. The molecule has 0 saturated carbocycles. The van der Waals surface area contributed by atoms with Gasteiger partial charge in [0, 0.05) is 0 Å². The van der Waals surface area contributed by atoms with Gasteiger partial charge < -0.3 is 0 Å². The standard InChI is InChI=1S/C22H38Si/c1-8-9-10-11-12-20-13-14-21(15-20)23(6,7)22-18(4)16(2)17(3)19(22)5/h8,14,16-18,20H,1,9-13,15H2,2-7H3. The molecule has 0 N–H and O–H groups in total. The maximum absolute atomic E-state index is 3.83. The molecule has 0 amide bonds. The van der Waals surface area contributed by atoms with E-state index in [1.54, 1.807) is 5.57 Å². The van der Waals surface area contributed by atoms with Crippen LogP contribution in [0.15, 0.2) is 34.7 Å². The van der Waals surface area contributed by atoms with Crippen molar-refractivity contribution in [1.29, 1.82) is 0 Å². The Kier molecular flexibility index (Phi) is 6.16. The number of rotatable bonds is 7. The summed E-state index contributed by atoms with van der Waals surface area (Å²) >= 11 is 0. The molecule has 0 saturated heterocycles. The highest BCUT2D eigenvalue weighted by atomic mass is 28.3. The summed E-state index contributed by atoms with van der Waals surface area (Å²) in [6.07, 6.45) is 12.7. The maximum atomic E-state index is 3.83. The molecule has 2 aliphatic carbocycles. The van der Waals surface area contributed by atoms with E-state index in [2.05, 4.69) is 59.5 Å². The Morgan fingerprint density at radius 2 is 1.87 bits per heavy atom. The average molecular weight is 331 g/mol. The third-order valence-electron chi connectivity index (χ3n) is 7.09. The molecule has 0 heterocycles. The molecule has 4 atom stereocenters. The number of allylic oxidation sites excluding steroid dienone is 5. The Hall–Kier alpha value is -0.563. The van der Waals surface area contributed by atoms with Gasteiger partial charge in [0.15, 0.2) is 0 Å². The first kappa shape index (κ1) is 18.8. The SMILES string of the molecule is C=CCCCCC1CC=C([Si](C)(C)C2=C(C)C(C)C(C)C2C)C1. The highest BCUT2D eigenvalue weighted by molar-refractivity contribution is 6.90. The van der Waals surface area contributed by atoms with Crippen molar-refractivity contribution in [1.82, 2.24) is 0 Å². The highest BCUT2D eigenvalue weighted by Gasteiger charge is 2.43. The fourth-order valence-corrected chi connectivity index (χ4v) is 9.56. The molecule has 0 spiro atoms. The lowest BCUT2D eigenvalue weighted by atomic mass is 9.91. The van der Waals surface area contributed by atoms with Crippen molar-refractivity contribution in [2.24, 2.45) is 23.7 Å². The fourth-order valence-electron chi connectivity index (χ4n) is 5.17. The van der Waals surface area contributed by atoms with Crippen molar-refractivity contribution in [3.63, 3.8) is 0 Å². The summed E-state index contributed by atoms with van der Waals surface area (Å²) in [6.45, 7) is 18.9. The predicted octanol–water partition coefficient (Wildman–Crippen LogP) is 7.09. The Morgan fingerprint density at radius 3 is 2.43 bits per heavy atom. The normalized spacial score (nSPS) is 31.7. The van der Waals surface area contributed by atoms with Crippen molar-refractivity contribution >= 4 is 8.07 Å². The van der Waals surface area contributed by atoms with Gasteiger partial charge >= 0.3 is 0 Å². The minimum absolute atomic E-state index is 0.781. The molecule has 0 aromatic rings. The van der Waals surface area contributed by atoms with Crippen molar-refractivity contribution in [3.05, 3.63) is 34.7 Å². The first-order valence-electron chi connectivity index (χ1n) is 9.82. The van der Waals surface area contributed by atoms with E-state index in [-0.39, 0.29) is 0 Å². The lowest BCUT2D eigenvalue weighted by Gasteiger charge is -2.32. The summed E-state index contributed by atoms with van der Waals surface area (Å²) in [5, 5.41) is 3.74. The summed E-state index contributed by atoms with van der Waals surface area (Å²) < 4.78 is 0. The van der Waals surface area contributed by atoms with E-state index < -0.39 is 8.07 Å². The minimum atomic E-state index is -1.42. The predicted molar refractivity (Wildman–Crippen MR) is 107 cm³/mol. The molecule has 2 rings (SSSR count). The molecular formula is C22H38Si. The van der Waals surface area contributed by atoms with Crippen LogP contribution < -0.4 is 0 Å². The molecule has 130 valence electrons. The number of unbranched alkanes of at least 4 members (excludes halogenated alkanes) is 2. The Balaban J connectivity index is 2.03. The van der Waals surface area contributed by atoms with Crippen LogP contribution in [0, 0.1) is 23.7 Å². The average Bonchev–Trinajstić information content (AvgIpc) is 3.05. The van der Waals surface area contributed by atoms with E-state index in [9.17, 15) is 0 Å². The van der Waals surface area contributed by atoms with Crippen LogP contribution in [-0.4, -0.2) is 8.07 Å². The molecule has 0 nitrogen and oxygen atoms in total. The van der Waals surface area contributed by atoms with E-state index >= 15 is 0 Å². The van der Waals surface area contributed by atoms with E-state index in [0.717, 1.165) is 23.7 Å². The zero-order chi connectivity index (χ0) is 17.2.